The third-order valence-corrected chi connectivity index (χ3v) is 5.05. The number of aromatic carboxylic acids is 1. The van der Waals surface area contributed by atoms with Gasteiger partial charge in [-0.1, -0.05) is 11.8 Å². The van der Waals surface area contributed by atoms with Crippen molar-refractivity contribution in [3.05, 3.63) is 46.9 Å². The Morgan fingerprint density at radius 2 is 1.86 bits per heavy atom. The number of hydrogen-bond donors (Lipinski definition) is 2. The van der Waals surface area contributed by atoms with Gasteiger partial charge < -0.3 is 19.8 Å². The van der Waals surface area contributed by atoms with Gasteiger partial charge in [0.15, 0.2) is 4.98 Å². The number of carboxylic acids is 1. The Balaban J connectivity index is 0.000000208. The molecule has 2 aromatic rings. The summed E-state index contributed by atoms with van der Waals surface area (Å²) in [5, 5.41) is 28.0. The molecule has 0 amide bonds. The van der Waals surface area contributed by atoms with Crippen LogP contribution in [0.15, 0.2) is 41.3 Å². The Kier molecular flexibility index (Phi) is 6.98. The molecule has 0 spiro atoms. The number of nitrogens with zero attached hydrogens (tertiary/aromatic N) is 3. The molecule has 2 N–H and O–H groups in total. The number of rotatable bonds is 4. The van der Waals surface area contributed by atoms with E-state index in [4.69, 9.17) is 19.8 Å². The number of hydrogen-bond acceptors (Lipinski definition) is 7. The van der Waals surface area contributed by atoms with Crippen LogP contribution in [0.1, 0.15) is 23.2 Å². The average molecular weight is 421 g/mol. The maximum absolute atomic E-state index is 10.9. The molecule has 154 valence electrons. The lowest BCUT2D eigenvalue weighted by molar-refractivity contribution is -0.268. The molecule has 3 rings (SSSR count). The molecule has 0 radical (unpaired) electrons. The quantitative estimate of drug-likeness (QED) is 0.559. The molecular weight excluding hydrogens is 402 g/mol. The topological polar surface area (TPSA) is 155 Å². The first-order chi connectivity index (χ1) is 13.7. The highest BCUT2D eigenvalue weighted by molar-refractivity contribution is 7.85. The third kappa shape index (κ3) is 5.56. The van der Waals surface area contributed by atoms with Gasteiger partial charge in [-0.25, -0.2) is 4.79 Å². The molecule has 10 nitrogen and oxygen atoms in total. The fourth-order valence-corrected chi connectivity index (χ4v) is 3.29. The van der Waals surface area contributed by atoms with Crippen LogP contribution >= 0.6 is 0 Å². The van der Waals surface area contributed by atoms with Crippen molar-refractivity contribution in [3.63, 3.8) is 0 Å². The van der Waals surface area contributed by atoms with Gasteiger partial charge in [0.05, 0.1) is 29.3 Å². The molecule has 0 aliphatic carbocycles. The maximum Gasteiger partial charge on any atom is 0.388 e. The summed E-state index contributed by atoms with van der Waals surface area (Å²) in [6, 6.07) is 7.69. The van der Waals surface area contributed by atoms with Gasteiger partial charge >= 0.3 is 11.7 Å². The van der Waals surface area contributed by atoms with Crippen LogP contribution in [0.3, 0.4) is 0 Å². The normalized spacial score (nSPS) is 13.2. The minimum atomic E-state index is -4.48. The summed E-state index contributed by atoms with van der Waals surface area (Å²) >= 11 is 0. The number of carbonyl (C=O) groups is 1. The summed E-state index contributed by atoms with van der Waals surface area (Å²) in [5.41, 5.74) is 0.914. The summed E-state index contributed by atoms with van der Waals surface area (Å²) < 4.78 is 35.0. The van der Waals surface area contributed by atoms with Crippen LogP contribution in [0.2, 0.25) is 0 Å². The van der Waals surface area contributed by atoms with Crippen molar-refractivity contribution < 1.29 is 32.7 Å². The number of benzene rings is 2. The van der Waals surface area contributed by atoms with Crippen LogP contribution in [0, 0.1) is 5.39 Å². The Hall–Kier alpha value is -3.36. The van der Waals surface area contributed by atoms with Gasteiger partial charge in [-0.3, -0.25) is 4.55 Å². The lowest BCUT2D eigenvalue weighted by Gasteiger charge is -2.19. The van der Waals surface area contributed by atoms with Crippen molar-refractivity contribution in [1.82, 2.24) is 0 Å². The van der Waals surface area contributed by atoms with Crippen LogP contribution in [0.4, 0.5) is 11.4 Å². The first kappa shape index (κ1) is 21.9. The lowest BCUT2D eigenvalue weighted by atomic mass is 10.2. The number of carboxylic acid groups (broad SMARTS) is 1. The lowest BCUT2D eigenvalue weighted by Crippen LogP contribution is -2.18. The van der Waals surface area contributed by atoms with Crippen LogP contribution in [-0.2, 0) is 10.1 Å². The zero-order valence-corrected chi connectivity index (χ0v) is 16.3. The van der Waals surface area contributed by atoms with Gasteiger partial charge in [-0.15, -0.1) is 0 Å². The van der Waals surface area contributed by atoms with Gasteiger partial charge in [0, 0.05) is 19.2 Å². The molecular formula is C18H19N3O7S. The Labute approximate surface area is 167 Å². The predicted octanol–water partition coefficient (Wildman–Crippen LogP) is 2.49. The van der Waals surface area contributed by atoms with E-state index in [0.717, 1.165) is 36.7 Å². The summed E-state index contributed by atoms with van der Waals surface area (Å²) in [6.07, 6.45) is 2.46. The zero-order valence-electron chi connectivity index (χ0n) is 15.5. The van der Waals surface area contributed by atoms with Gasteiger partial charge in [0.1, 0.15) is 5.75 Å². The van der Waals surface area contributed by atoms with Crippen molar-refractivity contribution in [3.8, 4) is 11.5 Å². The highest BCUT2D eigenvalue weighted by Gasteiger charge is 2.19. The summed E-state index contributed by atoms with van der Waals surface area (Å²) in [7, 11) is -2.84. The summed E-state index contributed by atoms with van der Waals surface area (Å²) in [5.74, 6) is -1.59. The fraction of sp³-hybridized carbons (Fsp3) is 0.278. The van der Waals surface area contributed by atoms with E-state index in [-0.39, 0.29) is 0 Å². The number of anilines is 1. The number of methoxy groups -OCH3 is 1. The van der Waals surface area contributed by atoms with Crippen molar-refractivity contribution in [2.24, 2.45) is 0 Å². The Morgan fingerprint density at radius 3 is 2.38 bits per heavy atom. The van der Waals surface area contributed by atoms with E-state index in [1.807, 2.05) is 6.07 Å². The first-order valence-electron chi connectivity index (χ1n) is 8.47. The van der Waals surface area contributed by atoms with Crippen LogP contribution in [0.5, 0.6) is 11.5 Å². The van der Waals surface area contributed by atoms with E-state index >= 15 is 0 Å². The molecule has 1 aliphatic rings. The van der Waals surface area contributed by atoms with Crippen LogP contribution in [0.25, 0.3) is 4.98 Å². The standard InChI is InChI=1S/C11H14N3O.C7H6O6S/c1-15-11-8-9(13-12)4-5-10(11)14-6-2-3-7-14;8-6-2-1-4(14(11,12)13)3-5(6)7(9)10/h4-5,8H,2-3,6-7H2,1H3;1-3,8H,(H,9,10)(H,11,12,13)/q+1;/p-1. The molecule has 1 aliphatic heterocycles. The molecule has 29 heavy (non-hydrogen) atoms. The first-order valence-corrected chi connectivity index (χ1v) is 9.91. The van der Waals surface area contributed by atoms with Gasteiger partial charge in [-0.2, -0.15) is 8.42 Å². The second kappa shape index (κ2) is 9.22. The molecule has 1 saturated heterocycles. The summed E-state index contributed by atoms with van der Waals surface area (Å²) in [6.45, 7) is 2.15. The molecule has 2 aromatic carbocycles. The smallest absolute Gasteiger partial charge is 0.388 e. The molecule has 0 atom stereocenters. The van der Waals surface area contributed by atoms with Gasteiger partial charge in [0.25, 0.3) is 10.1 Å². The van der Waals surface area contributed by atoms with E-state index in [1.54, 1.807) is 19.2 Å². The monoisotopic (exact) mass is 421 g/mol. The SMILES string of the molecule is COc1cc([N+]#N)ccc1N1CCCC1.O=C(O)c1cc(S(=O)(=O)O)ccc1[O-]. The third-order valence-electron chi connectivity index (χ3n) is 4.20. The van der Waals surface area contributed by atoms with E-state index < -0.39 is 32.3 Å². The highest BCUT2D eigenvalue weighted by atomic mass is 32.2. The molecule has 11 heteroatoms. The molecule has 1 fully saturated rings. The number of diazo groups is 1. The van der Waals surface area contributed by atoms with Crippen molar-refractivity contribution >= 4 is 27.5 Å². The van der Waals surface area contributed by atoms with E-state index in [0.29, 0.717) is 11.8 Å². The van der Waals surface area contributed by atoms with E-state index in [2.05, 4.69) is 9.88 Å². The number of ether oxygens (including phenoxy) is 1. The average Bonchev–Trinajstić information content (AvgIpc) is 3.21. The van der Waals surface area contributed by atoms with Crippen LogP contribution < -0.4 is 14.7 Å². The molecule has 1 heterocycles. The predicted molar refractivity (Wildman–Crippen MR) is 102 cm³/mol. The molecule has 0 aromatic heterocycles. The zero-order chi connectivity index (χ0) is 21.6. The molecule has 0 unspecified atom stereocenters. The van der Waals surface area contributed by atoms with Gasteiger partial charge in [0.2, 0.25) is 5.39 Å². The van der Waals surface area contributed by atoms with E-state index in [9.17, 15) is 18.3 Å². The minimum absolute atomic E-state index is 0.523. The largest absolute Gasteiger partial charge is 0.872 e. The Bertz CT molecular complexity index is 1040. The van der Waals surface area contributed by atoms with Crippen LogP contribution in [-0.4, -0.2) is 44.2 Å². The van der Waals surface area contributed by atoms with Gasteiger partial charge in [-0.05, 0) is 31.0 Å². The summed E-state index contributed by atoms with van der Waals surface area (Å²) in [4.78, 5) is 15.2. The Morgan fingerprint density at radius 1 is 1.21 bits per heavy atom. The second-order valence-electron chi connectivity index (χ2n) is 6.09. The fourth-order valence-electron chi connectivity index (χ4n) is 2.78. The molecule has 0 saturated carbocycles. The maximum atomic E-state index is 10.9. The second-order valence-corrected chi connectivity index (χ2v) is 7.51. The minimum Gasteiger partial charge on any atom is -0.872 e. The molecule has 0 bridgehead atoms. The van der Waals surface area contributed by atoms with Crippen molar-refractivity contribution in [1.29, 1.82) is 5.39 Å². The van der Waals surface area contributed by atoms with Crippen molar-refractivity contribution in [2.45, 2.75) is 17.7 Å². The highest BCUT2D eigenvalue weighted by Crippen LogP contribution is 2.34. The van der Waals surface area contributed by atoms with E-state index in [1.165, 1.54) is 12.8 Å². The van der Waals surface area contributed by atoms with Crippen molar-refractivity contribution in [2.75, 3.05) is 25.1 Å².